The molecule has 160 valence electrons. The lowest BCUT2D eigenvalue weighted by molar-refractivity contribution is 0.0697. The van der Waals surface area contributed by atoms with Crippen LogP contribution in [-0.4, -0.2) is 39.3 Å². The van der Waals surface area contributed by atoms with E-state index in [-0.39, 0.29) is 5.56 Å². The Morgan fingerprint density at radius 3 is 2.47 bits per heavy atom. The molecule has 0 atom stereocenters. The molecule has 0 unspecified atom stereocenters. The topological polar surface area (TPSA) is 80.5 Å². The summed E-state index contributed by atoms with van der Waals surface area (Å²) < 4.78 is 8.30. The van der Waals surface area contributed by atoms with Crippen molar-refractivity contribution in [2.75, 3.05) is 33.1 Å². The van der Waals surface area contributed by atoms with Crippen molar-refractivity contribution in [3.8, 4) is 27.9 Å². The molecule has 1 aliphatic carbocycles. The number of fused-ring (bicyclic) bond motifs is 2. The number of aromatic carboxylic acids is 1. The molecule has 6 nitrogen and oxygen atoms in total. The van der Waals surface area contributed by atoms with E-state index >= 15 is 0 Å². The highest BCUT2D eigenvalue weighted by Crippen LogP contribution is 2.42. The molecule has 0 saturated heterocycles. The largest absolute Gasteiger partial charge is 0.478 e. The molecule has 1 aliphatic heterocycles. The van der Waals surface area contributed by atoms with Crippen LogP contribution in [0.15, 0.2) is 63.9 Å². The molecule has 7 heteroatoms. The summed E-state index contributed by atoms with van der Waals surface area (Å²) in [5.74, 6) is -0.376. The lowest BCUT2D eigenvalue weighted by atomic mass is 9.90. The van der Waals surface area contributed by atoms with Gasteiger partial charge in [-0.15, -0.1) is 0 Å². The van der Waals surface area contributed by atoms with Crippen LogP contribution in [-0.2, 0) is 0 Å². The summed E-state index contributed by atoms with van der Waals surface area (Å²) in [6, 6.07) is 16.9. The number of thiocyanates is 1. The highest BCUT2D eigenvalue weighted by atomic mass is 32.2. The van der Waals surface area contributed by atoms with Crippen molar-refractivity contribution >= 4 is 34.4 Å². The van der Waals surface area contributed by atoms with Crippen LogP contribution in [0.25, 0.3) is 33.4 Å². The first-order valence-corrected chi connectivity index (χ1v) is 10.7. The van der Waals surface area contributed by atoms with Gasteiger partial charge in [-0.25, -0.2) is 9.37 Å². The smallest absolute Gasteiger partial charge is 0.336 e. The Morgan fingerprint density at radius 1 is 1.06 bits per heavy atom. The minimum absolute atomic E-state index is 0.146. The van der Waals surface area contributed by atoms with E-state index in [1.54, 1.807) is 18.2 Å². The molecular formula is C25H22N3O3S+. The molecule has 2 aromatic rings. The standard InChI is InChI=1S/C25H21N3O3S/c1-27(2)15-5-8-19-22(11-15)31-23-12-16(28(3)4)6-9-20(23)24(19)18-10-7-17(32-14-26)13-21(18)25(29)30/h5-13H,1-4H3/p+1. The van der Waals surface area contributed by atoms with Gasteiger partial charge in [0, 0.05) is 53.3 Å². The average molecular weight is 445 g/mol. The second kappa shape index (κ2) is 8.40. The molecule has 1 N–H and O–H groups in total. The van der Waals surface area contributed by atoms with Gasteiger partial charge >= 0.3 is 5.97 Å². The van der Waals surface area contributed by atoms with Crippen molar-refractivity contribution in [2.24, 2.45) is 0 Å². The van der Waals surface area contributed by atoms with E-state index in [1.807, 2.05) is 79.5 Å². The second-order valence-corrected chi connectivity index (χ2v) is 8.69. The van der Waals surface area contributed by atoms with Gasteiger partial charge in [-0.3, -0.25) is 0 Å². The first-order valence-electron chi connectivity index (χ1n) is 9.92. The highest BCUT2D eigenvalue weighted by molar-refractivity contribution is 8.03. The van der Waals surface area contributed by atoms with Crippen molar-refractivity contribution in [1.82, 2.24) is 4.58 Å². The minimum Gasteiger partial charge on any atom is -0.478 e. The zero-order valence-corrected chi connectivity index (χ0v) is 19.0. The number of thioether (sulfide) groups is 1. The number of hydrogen-bond acceptors (Lipinski definition) is 5. The van der Waals surface area contributed by atoms with E-state index in [0.717, 1.165) is 39.3 Å². The Labute approximate surface area is 190 Å². The van der Waals surface area contributed by atoms with Crippen LogP contribution in [0, 0.1) is 10.7 Å². The SMILES string of the molecule is CN(C)c1ccc2c(-c3ccc(SC#N)cc3C(=O)O)c3ccc(=[N+](C)C)cc-3oc2c1. The maximum absolute atomic E-state index is 12.2. The lowest BCUT2D eigenvalue weighted by Gasteiger charge is -2.19. The predicted octanol–water partition coefficient (Wildman–Crippen LogP) is 4.57. The number of benzene rings is 3. The Kier molecular flexibility index (Phi) is 5.64. The van der Waals surface area contributed by atoms with Gasteiger partial charge in [0.05, 0.1) is 11.6 Å². The van der Waals surface area contributed by atoms with E-state index in [9.17, 15) is 9.90 Å². The van der Waals surface area contributed by atoms with E-state index in [1.165, 1.54) is 0 Å². The first kappa shape index (κ1) is 21.5. The van der Waals surface area contributed by atoms with Crippen molar-refractivity contribution in [1.29, 1.82) is 5.26 Å². The van der Waals surface area contributed by atoms with Crippen LogP contribution >= 0.6 is 11.8 Å². The van der Waals surface area contributed by atoms with Gasteiger partial charge in [-0.1, -0.05) is 6.07 Å². The van der Waals surface area contributed by atoms with E-state index in [4.69, 9.17) is 9.68 Å². The quantitative estimate of drug-likeness (QED) is 0.215. The highest BCUT2D eigenvalue weighted by Gasteiger charge is 2.22. The maximum atomic E-state index is 12.2. The molecule has 2 aliphatic rings. The second-order valence-electron chi connectivity index (χ2n) is 7.83. The van der Waals surface area contributed by atoms with Crippen LogP contribution in [0.1, 0.15) is 10.4 Å². The Hall–Kier alpha value is -3.76. The number of nitriles is 1. The summed E-state index contributed by atoms with van der Waals surface area (Å²) in [4.78, 5) is 14.8. The van der Waals surface area contributed by atoms with Crippen LogP contribution < -0.4 is 14.8 Å². The predicted molar refractivity (Wildman–Crippen MR) is 128 cm³/mol. The van der Waals surface area contributed by atoms with Crippen molar-refractivity contribution < 1.29 is 14.3 Å². The minimum atomic E-state index is -1.04. The normalized spacial score (nSPS) is 10.8. The summed E-state index contributed by atoms with van der Waals surface area (Å²) in [5.41, 5.74) is 4.00. The molecule has 0 fully saturated rings. The Morgan fingerprint density at radius 2 is 1.81 bits per heavy atom. The van der Waals surface area contributed by atoms with Gasteiger partial charge < -0.3 is 14.4 Å². The molecule has 4 rings (SSSR count). The molecule has 1 heterocycles. The van der Waals surface area contributed by atoms with Gasteiger partial charge in [-0.2, -0.15) is 5.26 Å². The third kappa shape index (κ3) is 3.81. The number of hydrogen-bond donors (Lipinski definition) is 1. The zero-order chi connectivity index (χ0) is 23.0. The summed E-state index contributed by atoms with van der Waals surface area (Å²) >= 11 is 0.941. The van der Waals surface area contributed by atoms with E-state index in [0.29, 0.717) is 21.8 Å². The van der Waals surface area contributed by atoms with Gasteiger partial charge in [-0.05, 0) is 47.7 Å². The number of anilines is 1. The van der Waals surface area contributed by atoms with Crippen molar-refractivity contribution in [2.45, 2.75) is 4.90 Å². The number of nitrogens with zero attached hydrogens (tertiary/aromatic N) is 3. The van der Waals surface area contributed by atoms with E-state index in [2.05, 4.69) is 0 Å². The summed E-state index contributed by atoms with van der Waals surface area (Å²) in [6.07, 6.45) is 0. The molecule has 0 bridgehead atoms. The van der Waals surface area contributed by atoms with Gasteiger partial charge in [0.15, 0.2) is 0 Å². The molecule has 0 spiro atoms. The monoisotopic (exact) mass is 444 g/mol. The fraction of sp³-hybridized carbons (Fsp3) is 0.160. The zero-order valence-electron chi connectivity index (χ0n) is 18.2. The van der Waals surface area contributed by atoms with Crippen molar-refractivity contribution in [3.63, 3.8) is 0 Å². The van der Waals surface area contributed by atoms with Gasteiger partial charge in [0.2, 0.25) is 5.36 Å². The Bertz CT molecular complexity index is 1440. The van der Waals surface area contributed by atoms with Crippen LogP contribution in [0.3, 0.4) is 0 Å². The van der Waals surface area contributed by atoms with Crippen LogP contribution in [0.5, 0.6) is 0 Å². The van der Waals surface area contributed by atoms with E-state index < -0.39 is 5.97 Å². The fourth-order valence-corrected chi connectivity index (χ4v) is 4.17. The van der Waals surface area contributed by atoms with Crippen LogP contribution in [0.4, 0.5) is 5.69 Å². The molecule has 0 radical (unpaired) electrons. The number of carboxylic acids is 1. The summed E-state index contributed by atoms with van der Waals surface area (Å²) in [6.45, 7) is 0. The number of carboxylic acid groups (broad SMARTS) is 1. The maximum Gasteiger partial charge on any atom is 0.336 e. The fourth-order valence-electron chi connectivity index (χ4n) is 3.75. The Balaban J connectivity index is 2.15. The average Bonchev–Trinajstić information content (AvgIpc) is 2.76. The van der Waals surface area contributed by atoms with Crippen molar-refractivity contribution in [3.05, 3.63) is 65.5 Å². The number of rotatable bonds is 4. The molecule has 0 saturated carbocycles. The molecule has 0 aromatic heterocycles. The lowest BCUT2D eigenvalue weighted by Crippen LogP contribution is -2.21. The molecule has 2 aromatic carbocycles. The van der Waals surface area contributed by atoms with Gasteiger partial charge in [0.1, 0.15) is 30.8 Å². The first-order chi connectivity index (χ1) is 15.3. The van der Waals surface area contributed by atoms with Crippen LogP contribution in [0.2, 0.25) is 0 Å². The summed E-state index contributed by atoms with van der Waals surface area (Å²) in [7, 11) is 7.84. The van der Waals surface area contributed by atoms with Gasteiger partial charge in [0.25, 0.3) is 0 Å². The molecule has 32 heavy (non-hydrogen) atoms. The summed E-state index contributed by atoms with van der Waals surface area (Å²) in [5, 5.41) is 22.8. The molecule has 0 amide bonds. The molecular weight excluding hydrogens is 422 g/mol. The third-order valence-corrected chi connectivity index (χ3v) is 5.96. The number of carbonyl (C=O) groups is 1. The third-order valence-electron chi connectivity index (χ3n) is 5.38.